The number of nitrogens with two attached hydrogens (primary N) is 1. The zero-order chi connectivity index (χ0) is 34.6. The number of para-hydroxylation sites is 1. The molecule has 0 aliphatic heterocycles. The van der Waals surface area contributed by atoms with Gasteiger partial charge in [0.25, 0.3) is 5.91 Å². The summed E-state index contributed by atoms with van der Waals surface area (Å²) in [5.41, 5.74) is 12.9. The van der Waals surface area contributed by atoms with Gasteiger partial charge in [-0.2, -0.15) is 5.10 Å². The molecule has 1 atom stereocenters. The molecule has 0 aliphatic carbocycles. The standard InChI is InChI=1S/C39H38N4O2S.CH3NO/c1-3-4-8-27-13-15-29(16-14-27)26-43-37(24-36(42-43)33-22-30-9-5-6-12-35(30)40-25-33)31-10-7-11-32(23-31)39(45)41-38(46-2)21-28-17-19-34(44)20-18-28;2-1-3/h5-7,9-20,22-25,38,44H,3-4,8,21,26H2,1-2H3,(H,41,45);1H,(H2,2,3). The number of nitrogens with zero attached hydrogens (tertiary/aromatic N) is 3. The van der Waals surface area contributed by atoms with Gasteiger partial charge in [-0.15, -0.1) is 11.8 Å². The third-order valence-electron chi connectivity index (χ3n) is 8.20. The number of amides is 2. The summed E-state index contributed by atoms with van der Waals surface area (Å²) in [7, 11) is 0. The lowest BCUT2D eigenvalue weighted by Crippen LogP contribution is -2.33. The first kappa shape index (κ1) is 34.9. The van der Waals surface area contributed by atoms with Crippen molar-refractivity contribution in [3.05, 3.63) is 138 Å². The van der Waals surface area contributed by atoms with Crippen LogP contribution in [-0.2, 0) is 24.2 Å². The zero-order valence-corrected chi connectivity index (χ0v) is 28.6. The summed E-state index contributed by atoms with van der Waals surface area (Å²) in [6, 6.07) is 36.0. The minimum Gasteiger partial charge on any atom is -0.508 e. The number of aryl methyl sites for hydroxylation is 1. The molecule has 0 bridgehead atoms. The zero-order valence-electron chi connectivity index (χ0n) is 27.8. The van der Waals surface area contributed by atoms with Gasteiger partial charge in [0.15, 0.2) is 0 Å². The van der Waals surface area contributed by atoms with E-state index in [1.807, 2.05) is 71.7 Å². The lowest BCUT2D eigenvalue weighted by Gasteiger charge is -2.17. The number of unbranched alkanes of at least 4 members (excludes halogenated alkanes) is 1. The Morgan fingerprint density at radius 3 is 2.37 bits per heavy atom. The molecule has 49 heavy (non-hydrogen) atoms. The number of pyridine rings is 1. The van der Waals surface area contributed by atoms with Crippen LogP contribution in [-0.4, -0.2) is 43.8 Å². The molecule has 0 aliphatic rings. The molecule has 0 saturated carbocycles. The molecule has 4 aromatic carbocycles. The van der Waals surface area contributed by atoms with E-state index in [0.717, 1.165) is 45.4 Å². The summed E-state index contributed by atoms with van der Waals surface area (Å²) in [5, 5.41) is 18.8. The maximum absolute atomic E-state index is 13.5. The van der Waals surface area contributed by atoms with Crippen LogP contribution >= 0.6 is 11.8 Å². The van der Waals surface area contributed by atoms with E-state index in [0.29, 0.717) is 18.5 Å². The van der Waals surface area contributed by atoms with E-state index in [2.05, 4.69) is 65.4 Å². The van der Waals surface area contributed by atoms with Crippen LogP contribution in [0, 0.1) is 0 Å². The second-order valence-electron chi connectivity index (χ2n) is 11.7. The maximum atomic E-state index is 13.5. The van der Waals surface area contributed by atoms with E-state index >= 15 is 0 Å². The van der Waals surface area contributed by atoms with Crippen molar-refractivity contribution in [1.82, 2.24) is 20.1 Å². The average molecular weight is 672 g/mol. The van der Waals surface area contributed by atoms with Gasteiger partial charge >= 0.3 is 0 Å². The quantitative estimate of drug-likeness (QED) is 0.0909. The van der Waals surface area contributed by atoms with E-state index < -0.39 is 0 Å². The van der Waals surface area contributed by atoms with Crippen LogP contribution in [0.15, 0.2) is 115 Å². The SMILES string of the molecule is CCCCc1ccc(Cn2nc(-c3cnc4ccccc4c3)cc2-c2cccc(C(=O)NC(Cc3ccc(O)cc3)SC)c2)cc1.NC=O. The smallest absolute Gasteiger partial charge is 0.252 e. The summed E-state index contributed by atoms with van der Waals surface area (Å²) < 4.78 is 2.03. The van der Waals surface area contributed by atoms with Gasteiger partial charge in [0, 0.05) is 34.7 Å². The molecule has 250 valence electrons. The molecule has 0 saturated heterocycles. The summed E-state index contributed by atoms with van der Waals surface area (Å²) >= 11 is 1.59. The normalized spacial score (nSPS) is 11.4. The Morgan fingerprint density at radius 2 is 1.63 bits per heavy atom. The maximum Gasteiger partial charge on any atom is 0.252 e. The van der Waals surface area contributed by atoms with Crippen molar-refractivity contribution in [1.29, 1.82) is 0 Å². The molecular formula is C40H41N5O3S. The highest BCUT2D eigenvalue weighted by Gasteiger charge is 2.17. The van der Waals surface area contributed by atoms with Crippen LogP contribution in [0.1, 0.15) is 46.8 Å². The number of benzene rings is 4. The number of phenols is 1. The Balaban J connectivity index is 0.00000151. The Kier molecular flexibility index (Phi) is 12.2. The molecule has 6 aromatic rings. The number of hydrogen-bond acceptors (Lipinski definition) is 6. The number of rotatable bonds is 12. The van der Waals surface area contributed by atoms with Crippen molar-refractivity contribution in [3.63, 3.8) is 0 Å². The van der Waals surface area contributed by atoms with Crippen molar-refractivity contribution in [2.75, 3.05) is 6.26 Å². The van der Waals surface area contributed by atoms with Crippen LogP contribution < -0.4 is 11.1 Å². The number of primary amides is 1. The van der Waals surface area contributed by atoms with E-state index in [4.69, 9.17) is 9.89 Å². The van der Waals surface area contributed by atoms with Crippen LogP contribution in [0.2, 0.25) is 0 Å². The van der Waals surface area contributed by atoms with E-state index in [1.54, 1.807) is 23.9 Å². The Labute approximate surface area is 291 Å². The second kappa shape index (κ2) is 17.1. The van der Waals surface area contributed by atoms with Crippen molar-refractivity contribution in [2.24, 2.45) is 5.73 Å². The van der Waals surface area contributed by atoms with Crippen molar-refractivity contribution in [3.8, 4) is 28.3 Å². The molecule has 2 aromatic heterocycles. The number of thioether (sulfide) groups is 1. The third-order valence-corrected chi connectivity index (χ3v) is 9.05. The first-order chi connectivity index (χ1) is 23.9. The number of fused-ring (bicyclic) bond motifs is 1. The lowest BCUT2D eigenvalue weighted by molar-refractivity contribution is -0.106. The predicted molar refractivity (Wildman–Crippen MR) is 199 cm³/mol. The minimum atomic E-state index is -0.132. The molecule has 0 radical (unpaired) electrons. The van der Waals surface area contributed by atoms with E-state index in [9.17, 15) is 9.90 Å². The van der Waals surface area contributed by atoms with Crippen LogP contribution in [0.25, 0.3) is 33.4 Å². The van der Waals surface area contributed by atoms with Crippen molar-refractivity contribution >= 4 is 35.0 Å². The predicted octanol–water partition coefficient (Wildman–Crippen LogP) is 7.62. The molecule has 9 heteroatoms. The third kappa shape index (κ3) is 9.36. The number of carbonyl (C=O) groups excluding carboxylic acids is 2. The van der Waals surface area contributed by atoms with Crippen molar-refractivity contribution in [2.45, 2.75) is 44.5 Å². The summed E-state index contributed by atoms with van der Waals surface area (Å²) in [6.07, 6.45) is 8.22. The molecule has 2 amide bonds. The van der Waals surface area contributed by atoms with Gasteiger partial charge in [-0.05, 0) is 78.3 Å². The number of aromatic hydroxyl groups is 1. The Hall–Kier alpha value is -5.41. The van der Waals surface area contributed by atoms with Gasteiger partial charge in [0.1, 0.15) is 5.75 Å². The number of hydrogen-bond donors (Lipinski definition) is 3. The molecule has 0 spiro atoms. The number of carbonyl (C=O) groups is 2. The number of aromatic nitrogens is 3. The highest BCUT2D eigenvalue weighted by Crippen LogP contribution is 2.29. The van der Waals surface area contributed by atoms with Gasteiger partial charge in [-0.1, -0.05) is 80.1 Å². The van der Waals surface area contributed by atoms with Gasteiger partial charge in [0.2, 0.25) is 6.41 Å². The Bertz CT molecular complexity index is 1990. The fourth-order valence-corrected chi connectivity index (χ4v) is 6.16. The molecular weight excluding hydrogens is 631 g/mol. The largest absolute Gasteiger partial charge is 0.508 e. The highest BCUT2D eigenvalue weighted by atomic mass is 32.2. The summed E-state index contributed by atoms with van der Waals surface area (Å²) in [4.78, 5) is 26.7. The lowest BCUT2D eigenvalue weighted by atomic mass is 10.0. The fraction of sp³-hybridized carbons (Fsp3) is 0.200. The summed E-state index contributed by atoms with van der Waals surface area (Å²) in [6.45, 7) is 2.82. The number of phenolic OH excluding ortho intramolecular Hbond substituents is 1. The molecule has 2 heterocycles. The van der Waals surface area contributed by atoms with E-state index in [-0.39, 0.29) is 23.4 Å². The molecule has 0 fully saturated rings. The van der Waals surface area contributed by atoms with Gasteiger partial charge < -0.3 is 16.2 Å². The molecule has 4 N–H and O–H groups in total. The highest BCUT2D eigenvalue weighted by molar-refractivity contribution is 7.99. The first-order valence-corrected chi connectivity index (χ1v) is 17.6. The molecule has 1 unspecified atom stereocenters. The van der Waals surface area contributed by atoms with Gasteiger partial charge in [0.05, 0.1) is 28.8 Å². The molecule has 6 rings (SSSR count). The second-order valence-corrected chi connectivity index (χ2v) is 12.7. The van der Waals surface area contributed by atoms with Crippen LogP contribution in [0.5, 0.6) is 5.75 Å². The molecule has 8 nitrogen and oxygen atoms in total. The van der Waals surface area contributed by atoms with Gasteiger partial charge in [-0.25, -0.2) is 0 Å². The minimum absolute atomic E-state index is 0.112. The van der Waals surface area contributed by atoms with Crippen molar-refractivity contribution < 1.29 is 14.7 Å². The summed E-state index contributed by atoms with van der Waals surface area (Å²) in [5.74, 6) is 0.0984. The first-order valence-electron chi connectivity index (χ1n) is 16.3. The average Bonchev–Trinajstić information content (AvgIpc) is 3.55. The monoisotopic (exact) mass is 671 g/mol. The number of nitrogens with one attached hydrogen (secondary N) is 1. The van der Waals surface area contributed by atoms with Crippen LogP contribution in [0.3, 0.4) is 0 Å². The Morgan fingerprint density at radius 1 is 0.918 bits per heavy atom. The van der Waals surface area contributed by atoms with Gasteiger partial charge in [-0.3, -0.25) is 19.3 Å². The van der Waals surface area contributed by atoms with E-state index in [1.165, 1.54) is 24.0 Å². The topological polar surface area (TPSA) is 123 Å². The fourth-order valence-electron chi connectivity index (χ4n) is 5.58. The van der Waals surface area contributed by atoms with Crippen LogP contribution in [0.4, 0.5) is 0 Å².